The number of aromatic nitrogens is 1. The molecule has 18 heavy (non-hydrogen) atoms. The Morgan fingerprint density at radius 3 is 2.78 bits per heavy atom. The van der Waals surface area contributed by atoms with Crippen molar-refractivity contribution in [1.29, 1.82) is 0 Å². The van der Waals surface area contributed by atoms with Gasteiger partial charge in [-0.05, 0) is 32.6 Å². The van der Waals surface area contributed by atoms with Crippen LogP contribution in [-0.4, -0.2) is 17.6 Å². The van der Waals surface area contributed by atoms with Crippen LogP contribution in [-0.2, 0) is 11.2 Å². The Hall–Kier alpha value is -1.32. The third-order valence-electron chi connectivity index (χ3n) is 3.49. The Labute approximate surface area is 108 Å². The second-order valence-electron chi connectivity index (χ2n) is 4.95. The van der Waals surface area contributed by atoms with E-state index in [1.54, 1.807) is 13.8 Å². The maximum Gasteiger partial charge on any atom is 0.376 e. The summed E-state index contributed by atoms with van der Waals surface area (Å²) in [6.45, 7) is 3.93. The van der Waals surface area contributed by atoms with Crippen LogP contribution in [0.4, 0.5) is 0 Å². The summed E-state index contributed by atoms with van der Waals surface area (Å²) in [6.07, 6.45) is 7.28. The van der Waals surface area contributed by atoms with E-state index in [4.69, 9.17) is 9.15 Å². The van der Waals surface area contributed by atoms with Gasteiger partial charge in [0.05, 0.1) is 12.3 Å². The number of esters is 1. The fourth-order valence-corrected chi connectivity index (χ4v) is 2.56. The predicted molar refractivity (Wildman–Crippen MR) is 67.5 cm³/mol. The Morgan fingerprint density at radius 1 is 1.39 bits per heavy atom. The summed E-state index contributed by atoms with van der Waals surface area (Å²) < 4.78 is 10.5. The maximum atomic E-state index is 11.6. The van der Waals surface area contributed by atoms with Crippen molar-refractivity contribution in [2.45, 2.75) is 52.4 Å². The molecule has 0 aromatic carbocycles. The molecule has 0 aliphatic heterocycles. The molecule has 1 aromatic rings. The number of nitrogens with zero attached hydrogens (tertiary/aromatic N) is 1. The van der Waals surface area contributed by atoms with Crippen molar-refractivity contribution < 1.29 is 13.9 Å². The molecule has 0 spiro atoms. The third kappa shape index (κ3) is 3.12. The zero-order valence-corrected chi connectivity index (χ0v) is 11.2. The van der Waals surface area contributed by atoms with Crippen LogP contribution in [0.1, 0.15) is 61.2 Å². The first kappa shape index (κ1) is 13.1. The van der Waals surface area contributed by atoms with Crippen LogP contribution in [0.25, 0.3) is 0 Å². The molecule has 1 aliphatic carbocycles. The molecule has 2 rings (SSSR count). The molecule has 0 bridgehead atoms. The molecule has 1 saturated carbocycles. The Morgan fingerprint density at radius 2 is 2.11 bits per heavy atom. The van der Waals surface area contributed by atoms with Gasteiger partial charge in [0.25, 0.3) is 0 Å². The molecule has 100 valence electrons. The van der Waals surface area contributed by atoms with Crippen molar-refractivity contribution >= 4 is 5.97 Å². The van der Waals surface area contributed by atoms with Gasteiger partial charge in [0.2, 0.25) is 5.76 Å². The Bertz CT molecular complexity index is 405. The lowest BCUT2D eigenvalue weighted by atomic mass is 9.87. The number of ether oxygens (including phenoxy) is 1. The standard InChI is InChI=1S/C14H21NO3/c1-3-17-14(16)13-10(2)15-12(18-13)9-11-7-5-4-6-8-11/h11H,3-9H2,1-2H3. The summed E-state index contributed by atoms with van der Waals surface area (Å²) in [5.41, 5.74) is 0.638. The minimum Gasteiger partial charge on any atom is -0.460 e. The minimum absolute atomic E-state index is 0.266. The number of carbonyl (C=O) groups excluding carboxylic acids is 1. The van der Waals surface area contributed by atoms with Gasteiger partial charge >= 0.3 is 5.97 Å². The van der Waals surface area contributed by atoms with Crippen LogP contribution in [0.2, 0.25) is 0 Å². The highest BCUT2D eigenvalue weighted by molar-refractivity contribution is 5.87. The second kappa shape index (κ2) is 6.03. The zero-order valence-electron chi connectivity index (χ0n) is 11.2. The summed E-state index contributed by atoms with van der Waals surface area (Å²) in [5, 5.41) is 0. The normalized spacial score (nSPS) is 16.8. The molecular formula is C14H21NO3. The van der Waals surface area contributed by atoms with Gasteiger partial charge < -0.3 is 9.15 Å². The van der Waals surface area contributed by atoms with Gasteiger partial charge in [-0.1, -0.05) is 19.3 Å². The molecule has 1 heterocycles. The lowest BCUT2D eigenvalue weighted by Gasteiger charge is -2.19. The smallest absolute Gasteiger partial charge is 0.376 e. The number of rotatable bonds is 4. The molecule has 1 aliphatic rings. The van der Waals surface area contributed by atoms with E-state index in [2.05, 4.69) is 4.98 Å². The van der Waals surface area contributed by atoms with E-state index in [0.717, 1.165) is 6.42 Å². The molecule has 0 radical (unpaired) electrons. The molecule has 0 N–H and O–H groups in total. The van der Waals surface area contributed by atoms with Gasteiger partial charge in [0.1, 0.15) is 0 Å². The zero-order chi connectivity index (χ0) is 13.0. The lowest BCUT2D eigenvalue weighted by Crippen LogP contribution is -2.09. The molecular weight excluding hydrogens is 230 g/mol. The van der Waals surface area contributed by atoms with E-state index >= 15 is 0 Å². The van der Waals surface area contributed by atoms with Crippen molar-refractivity contribution in [3.63, 3.8) is 0 Å². The first-order chi connectivity index (χ1) is 8.70. The minimum atomic E-state index is -0.405. The molecule has 4 nitrogen and oxygen atoms in total. The van der Waals surface area contributed by atoms with Crippen molar-refractivity contribution in [3.05, 3.63) is 17.3 Å². The maximum absolute atomic E-state index is 11.6. The summed E-state index contributed by atoms with van der Waals surface area (Å²) in [5.74, 6) is 1.20. The van der Waals surface area contributed by atoms with Crippen molar-refractivity contribution in [2.24, 2.45) is 5.92 Å². The van der Waals surface area contributed by atoms with E-state index in [1.807, 2.05) is 0 Å². The Kier molecular flexibility index (Phi) is 4.39. The molecule has 0 saturated heterocycles. The van der Waals surface area contributed by atoms with E-state index in [1.165, 1.54) is 32.1 Å². The van der Waals surface area contributed by atoms with Crippen LogP contribution < -0.4 is 0 Å². The number of hydrogen-bond donors (Lipinski definition) is 0. The van der Waals surface area contributed by atoms with E-state index in [9.17, 15) is 4.79 Å². The highest BCUT2D eigenvalue weighted by Crippen LogP contribution is 2.27. The van der Waals surface area contributed by atoms with Crippen molar-refractivity contribution in [1.82, 2.24) is 4.98 Å². The molecule has 0 unspecified atom stereocenters. The first-order valence-electron chi connectivity index (χ1n) is 6.84. The third-order valence-corrected chi connectivity index (χ3v) is 3.49. The Balaban J connectivity index is 2.01. The second-order valence-corrected chi connectivity index (χ2v) is 4.95. The van der Waals surface area contributed by atoms with Gasteiger partial charge in [-0.25, -0.2) is 9.78 Å². The van der Waals surface area contributed by atoms with Crippen LogP contribution in [0, 0.1) is 12.8 Å². The van der Waals surface area contributed by atoms with Crippen LogP contribution in [0.3, 0.4) is 0 Å². The molecule has 1 aromatic heterocycles. The SMILES string of the molecule is CCOC(=O)c1oc(CC2CCCCC2)nc1C. The number of aryl methyl sites for hydroxylation is 1. The summed E-state index contributed by atoms with van der Waals surface area (Å²) in [4.78, 5) is 16.0. The largest absolute Gasteiger partial charge is 0.460 e. The monoisotopic (exact) mass is 251 g/mol. The summed E-state index contributed by atoms with van der Waals surface area (Å²) in [6, 6.07) is 0. The number of oxazole rings is 1. The fourth-order valence-electron chi connectivity index (χ4n) is 2.56. The van der Waals surface area contributed by atoms with E-state index in [0.29, 0.717) is 24.1 Å². The molecule has 0 atom stereocenters. The van der Waals surface area contributed by atoms with Crippen molar-refractivity contribution in [3.8, 4) is 0 Å². The topological polar surface area (TPSA) is 52.3 Å². The average molecular weight is 251 g/mol. The summed E-state index contributed by atoms with van der Waals surface area (Å²) >= 11 is 0. The van der Waals surface area contributed by atoms with Gasteiger partial charge in [-0.2, -0.15) is 0 Å². The molecule has 4 heteroatoms. The van der Waals surface area contributed by atoms with E-state index in [-0.39, 0.29) is 5.76 Å². The average Bonchev–Trinajstić information content (AvgIpc) is 2.72. The quantitative estimate of drug-likeness (QED) is 0.770. The number of hydrogen-bond acceptors (Lipinski definition) is 4. The van der Waals surface area contributed by atoms with Crippen LogP contribution in [0.15, 0.2) is 4.42 Å². The van der Waals surface area contributed by atoms with Crippen LogP contribution >= 0.6 is 0 Å². The molecule has 0 amide bonds. The van der Waals surface area contributed by atoms with Gasteiger partial charge in [0.15, 0.2) is 5.89 Å². The highest BCUT2D eigenvalue weighted by atomic mass is 16.5. The highest BCUT2D eigenvalue weighted by Gasteiger charge is 2.21. The van der Waals surface area contributed by atoms with E-state index < -0.39 is 5.97 Å². The summed E-state index contributed by atoms with van der Waals surface area (Å²) in [7, 11) is 0. The number of carbonyl (C=O) groups is 1. The molecule has 1 fully saturated rings. The van der Waals surface area contributed by atoms with Gasteiger partial charge in [-0.3, -0.25) is 0 Å². The van der Waals surface area contributed by atoms with Crippen molar-refractivity contribution in [2.75, 3.05) is 6.61 Å². The predicted octanol–water partition coefficient (Wildman–Crippen LogP) is 3.28. The lowest BCUT2D eigenvalue weighted by molar-refractivity contribution is 0.0486. The first-order valence-corrected chi connectivity index (χ1v) is 6.84. The van der Waals surface area contributed by atoms with Gasteiger partial charge in [0, 0.05) is 6.42 Å². The van der Waals surface area contributed by atoms with Gasteiger partial charge in [-0.15, -0.1) is 0 Å². The van der Waals surface area contributed by atoms with Crippen LogP contribution in [0.5, 0.6) is 0 Å². The fraction of sp³-hybridized carbons (Fsp3) is 0.714.